The Labute approximate surface area is 241 Å². The number of nitrogens with two attached hydrogens (primary N) is 1. The van der Waals surface area contributed by atoms with E-state index in [0.29, 0.717) is 24.3 Å². The highest BCUT2D eigenvalue weighted by molar-refractivity contribution is 5.82. The van der Waals surface area contributed by atoms with E-state index in [-0.39, 0.29) is 17.4 Å². The van der Waals surface area contributed by atoms with Crippen molar-refractivity contribution in [2.45, 2.75) is 32.3 Å². The second-order valence-electron chi connectivity index (χ2n) is 10.0. The Hall–Kier alpha value is -4.88. The van der Waals surface area contributed by atoms with Gasteiger partial charge in [0.2, 0.25) is 5.91 Å². The van der Waals surface area contributed by atoms with E-state index in [2.05, 4.69) is 25.2 Å². The van der Waals surface area contributed by atoms with Gasteiger partial charge in [0.25, 0.3) is 5.69 Å². The monoisotopic (exact) mass is 572 g/mol. The zero-order valence-electron chi connectivity index (χ0n) is 23.2. The first-order valence-electron chi connectivity index (χ1n) is 13.6. The minimum absolute atomic E-state index is 0.0594. The number of imidazole rings is 1. The van der Waals surface area contributed by atoms with Gasteiger partial charge in [0.05, 0.1) is 11.3 Å². The van der Waals surface area contributed by atoms with Crippen LogP contribution >= 0.6 is 0 Å². The third kappa shape index (κ3) is 5.92. The molecule has 1 saturated heterocycles. The number of non-ortho nitro benzene ring substituents is 1. The fourth-order valence-electron chi connectivity index (χ4n) is 4.96. The van der Waals surface area contributed by atoms with Gasteiger partial charge in [-0.3, -0.25) is 19.5 Å². The first-order chi connectivity index (χ1) is 20.3. The summed E-state index contributed by atoms with van der Waals surface area (Å²) in [5.74, 6) is -0.534. The minimum Gasteiger partial charge on any atom is -0.388 e. The van der Waals surface area contributed by atoms with Crippen LogP contribution in [0, 0.1) is 16.0 Å². The molecule has 5 rings (SSSR count). The average Bonchev–Trinajstić information content (AvgIpc) is 3.56. The maximum absolute atomic E-state index is 13.0. The summed E-state index contributed by atoms with van der Waals surface area (Å²) in [5.41, 5.74) is 9.62. The normalized spacial score (nSPS) is 20.3. The number of nitrogen functional groups attached to an aromatic ring is 1. The van der Waals surface area contributed by atoms with E-state index >= 15 is 0 Å². The lowest BCUT2D eigenvalue weighted by atomic mass is 10.00. The van der Waals surface area contributed by atoms with E-state index in [1.54, 1.807) is 23.6 Å². The highest BCUT2D eigenvalue weighted by atomic mass is 16.6. The fraction of sp³-hybridized carbons (Fsp3) is 0.310. The van der Waals surface area contributed by atoms with Gasteiger partial charge in [0, 0.05) is 43.4 Å². The van der Waals surface area contributed by atoms with Crippen molar-refractivity contribution in [1.29, 1.82) is 0 Å². The van der Waals surface area contributed by atoms with Crippen molar-refractivity contribution in [3.05, 3.63) is 82.4 Å². The molecule has 3 heterocycles. The molecule has 218 valence electrons. The molecule has 0 aliphatic carbocycles. The van der Waals surface area contributed by atoms with E-state index in [4.69, 9.17) is 10.5 Å². The molecule has 4 aromatic rings. The summed E-state index contributed by atoms with van der Waals surface area (Å²) in [6.07, 6.45) is 4.00. The Balaban J connectivity index is 1.15. The molecule has 0 radical (unpaired) electrons. The Bertz CT molecular complexity index is 1590. The number of nitrogens with one attached hydrogen (secondary N) is 1. The van der Waals surface area contributed by atoms with Crippen molar-refractivity contribution in [3.63, 3.8) is 0 Å². The molecule has 2 aromatic carbocycles. The zero-order chi connectivity index (χ0) is 29.8. The van der Waals surface area contributed by atoms with Gasteiger partial charge in [-0.1, -0.05) is 31.2 Å². The number of aromatic nitrogens is 4. The third-order valence-electron chi connectivity index (χ3n) is 7.41. The number of benzene rings is 2. The van der Waals surface area contributed by atoms with Crippen LogP contribution in [0.1, 0.15) is 31.2 Å². The molecule has 0 bridgehead atoms. The molecular weight excluding hydrogens is 540 g/mol. The van der Waals surface area contributed by atoms with Gasteiger partial charge in [-0.25, -0.2) is 15.0 Å². The van der Waals surface area contributed by atoms with Crippen LogP contribution in [0.3, 0.4) is 0 Å². The van der Waals surface area contributed by atoms with Gasteiger partial charge in [-0.2, -0.15) is 0 Å². The van der Waals surface area contributed by atoms with Crippen molar-refractivity contribution in [2.75, 3.05) is 30.3 Å². The number of aliphatic hydroxyl groups is 1. The Morgan fingerprint density at radius 1 is 1.14 bits per heavy atom. The Morgan fingerprint density at radius 2 is 1.81 bits per heavy atom. The summed E-state index contributed by atoms with van der Waals surface area (Å²) < 4.78 is 7.58. The fourth-order valence-corrected chi connectivity index (χ4v) is 4.96. The predicted octanol–water partition coefficient (Wildman–Crippen LogP) is 3.02. The average molecular weight is 573 g/mol. The first kappa shape index (κ1) is 28.6. The number of nitro groups is 1. The lowest BCUT2D eigenvalue weighted by molar-refractivity contribution is -0.384. The number of likely N-dealkylation sites (N-methyl/N-ethyl adjacent to an activating group) is 1. The SMILES string of the molecule is CCN(CCNC(=O)[C@H]1O[C@@H](n2cnc3c(N)ncnc32)[C@H](O)[C@@H]1C)c1ccc(/C=C/c2ccc([N+](=O)[O-])cc2)cc1. The molecule has 0 saturated carbocycles. The topological polar surface area (TPSA) is 175 Å². The van der Waals surface area contributed by atoms with Gasteiger partial charge in [-0.15, -0.1) is 0 Å². The molecule has 0 unspecified atom stereocenters. The number of nitrogens with zero attached hydrogens (tertiary/aromatic N) is 6. The van der Waals surface area contributed by atoms with Gasteiger partial charge < -0.3 is 25.8 Å². The van der Waals surface area contributed by atoms with Crippen LogP contribution < -0.4 is 16.0 Å². The number of nitro benzene ring substituents is 1. The predicted molar refractivity (Wildman–Crippen MR) is 158 cm³/mol. The number of carbonyl (C=O) groups is 1. The number of aliphatic hydroxyl groups excluding tert-OH is 1. The van der Waals surface area contributed by atoms with Crippen LogP contribution in [0.15, 0.2) is 61.2 Å². The number of hydrogen-bond donors (Lipinski definition) is 3. The van der Waals surface area contributed by atoms with Crippen LogP contribution in [0.2, 0.25) is 0 Å². The third-order valence-corrected chi connectivity index (χ3v) is 7.41. The van der Waals surface area contributed by atoms with Crippen LogP contribution in [-0.2, 0) is 9.53 Å². The summed E-state index contributed by atoms with van der Waals surface area (Å²) in [4.78, 5) is 38.0. The summed E-state index contributed by atoms with van der Waals surface area (Å²) in [5, 5.41) is 24.6. The summed E-state index contributed by atoms with van der Waals surface area (Å²) in [6, 6.07) is 14.4. The van der Waals surface area contributed by atoms with Crippen molar-refractivity contribution < 1.29 is 19.6 Å². The number of hydrogen-bond acceptors (Lipinski definition) is 10. The lowest BCUT2D eigenvalue weighted by Crippen LogP contribution is -2.42. The molecule has 4 atom stereocenters. The number of amides is 1. The first-order valence-corrected chi connectivity index (χ1v) is 13.6. The number of rotatable bonds is 10. The van der Waals surface area contributed by atoms with E-state index in [1.165, 1.54) is 24.8 Å². The second-order valence-corrected chi connectivity index (χ2v) is 10.0. The highest BCUT2D eigenvalue weighted by Gasteiger charge is 2.46. The maximum Gasteiger partial charge on any atom is 0.269 e. The zero-order valence-corrected chi connectivity index (χ0v) is 23.2. The van der Waals surface area contributed by atoms with Gasteiger partial charge in [0.15, 0.2) is 17.7 Å². The number of anilines is 2. The van der Waals surface area contributed by atoms with Gasteiger partial charge in [-0.05, 0) is 42.3 Å². The smallest absolute Gasteiger partial charge is 0.269 e. The van der Waals surface area contributed by atoms with Crippen molar-refractivity contribution in [3.8, 4) is 0 Å². The number of fused-ring (bicyclic) bond motifs is 1. The molecule has 42 heavy (non-hydrogen) atoms. The summed E-state index contributed by atoms with van der Waals surface area (Å²) in [7, 11) is 0. The minimum atomic E-state index is -0.950. The van der Waals surface area contributed by atoms with Crippen LogP contribution in [0.5, 0.6) is 0 Å². The molecular formula is C29H32N8O5. The highest BCUT2D eigenvalue weighted by Crippen LogP contribution is 2.35. The summed E-state index contributed by atoms with van der Waals surface area (Å²) in [6.45, 7) is 5.52. The molecule has 13 nitrogen and oxygen atoms in total. The molecule has 2 aromatic heterocycles. The van der Waals surface area contributed by atoms with Crippen LogP contribution in [-0.4, -0.2) is 67.3 Å². The lowest BCUT2D eigenvalue weighted by Gasteiger charge is -2.24. The van der Waals surface area contributed by atoms with E-state index in [0.717, 1.165) is 23.4 Å². The van der Waals surface area contributed by atoms with Crippen molar-refractivity contribution in [1.82, 2.24) is 24.8 Å². The summed E-state index contributed by atoms with van der Waals surface area (Å²) >= 11 is 0. The Kier molecular flexibility index (Phi) is 8.41. The molecule has 1 aliphatic rings. The molecule has 1 aliphatic heterocycles. The van der Waals surface area contributed by atoms with E-state index < -0.39 is 29.3 Å². The molecule has 4 N–H and O–H groups in total. The Morgan fingerprint density at radius 3 is 2.45 bits per heavy atom. The number of ether oxygens (including phenoxy) is 1. The number of carbonyl (C=O) groups excluding carboxylic acids is 1. The molecule has 13 heteroatoms. The largest absolute Gasteiger partial charge is 0.388 e. The molecule has 1 fully saturated rings. The molecule has 0 spiro atoms. The van der Waals surface area contributed by atoms with Crippen LogP contribution in [0.4, 0.5) is 17.2 Å². The quantitative estimate of drug-likeness (QED) is 0.146. The van der Waals surface area contributed by atoms with Crippen molar-refractivity contribution >= 4 is 46.4 Å². The second kappa shape index (κ2) is 12.3. The van der Waals surface area contributed by atoms with E-state index in [9.17, 15) is 20.0 Å². The maximum atomic E-state index is 13.0. The van der Waals surface area contributed by atoms with Crippen molar-refractivity contribution in [2.24, 2.45) is 5.92 Å². The van der Waals surface area contributed by atoms with Gasteiger partial charge >= 0.3 is 0 Å². The van der Waals surface area contributed by atoms with E-state index in [1.807, 2.05) is 43.3 Å². The van der Waals surface area contributed by atoms with Gasteiger partial charge in [0.1, 0.15) is 24.1 Å². The molecule has 1 amide bonds. The van der Waals surface area contributed by atoms with Crippen LogP contribution in [0.25, 0.3) is 23.3 Å². The standard InChI is InChI=1S/C29H32N8O5/c1-3-35(21-10-6-19(7-11-21)4-5-20-8-12-22(13-9-20)37(40)41)15-14-31-28(39)25-18(2)24(38)29(42-25)36-17-34-23-26(30)32-16-33-27(23)36/h4-13,16-18,24-25,29,38H,3,14-15H2,1-2H3,(H,31,39)(H2,30,32,33)/b5-4+/t18-,24+,25-,29+/m0/s1.